The van der Waals surface area contributed by atoms with Crippen LogP contribution in [0.4, 0.5) is 0 Å². The molecule has 15 heavy (non-hydrogen) atoms. The van der Waals surface area contributed by atoms with Gasteiger partial charge in [-0.1, -0.05) is 0 Å². The molecule has 5 heteroatoms. The van der Waals surface area contributed by atoms with E-state index in [-0.39, 0.29) is 0 Å². The van der Waals surface area contributed by atoms with Crippen molar-refractivity contribution >= 4 is 31.9 Å². The quantitative estimate of drug-likeness (QED) is 0.779. The second-order valence-corrected chi connectivity index (χ2v) is 5.25. The van der Waals surface area contributed by atoms with E-state index < -0.39 is 0 Å². The van der Waals surface area contributed by atoms with Crippen LogP contribution >= 0.6 is 31.9 Å². The van der Waals surface area contributed by atoms with Crippen LogP contribution in [0.3, 0.4) is 0 Å². The smallest absolute Gasteiger partial charge is 0.133 e. The highest BCUT2D eigenvalue weighted by Crippen LogP contribution is 2.18. The predicted octanol–water partition coefficient (Wildman–Crippen LogP) is 3.11. The summed E-state index contributed by atoms with van der Waals surface area (Å²) in [5, 5.41) is 0. The first-order valence-corrected chi connectivity index (χ1v) is 6.63. The van der Waals surface area contributed by atoms with Gasteiger partial charge in [0, 0.05) is 19.1 Å². The van der Waals surface area contributed by atoms with Gasteiger partial charge >= 0.3 is 0 Å². The molecule has 0 spiro atoms. The first-order valence-electron chi connectivity index (χ1n) is 5.04. The molecule has 0 N–H and O–H groups in total. The zero-order valence-electron chi connectivity index (χ0n) is 8.25. The molecule has 0 amide bonds. The Kier molecular flexibility index (Phi) is 4.11. The first-order chi connectivity index (χ1) is 7.24. The van der Waals surface area contributed by atoms with Crippen LogP contribution in [0, 0.1) is 0 Å². The minimum absolute atomic E-state index is 0.292. The molecule has 1 aliphatic rings. The summed E-state index contributed by atoms with van der Waals surface area (Å²) in [6.45, 7) is 0.875. The first kappa shape index (κ1) is 11.5. The van der Waals surface area contributed by atoms with Crippen molar-refractivity contribution in [3.05, 3.63) is 21.1 Å². The molecule has 2 heterocycles. The maximum atomic E-state index is 5.65. The zero-order chi connectivity index (χ0) is 10.7. The van der Waals surface area contributed by atoms with Crippen molar-refractivity contribution in [2.45, 2.75) is 31.8 Å². The fourth-order valence-corrected chi connectivity index (χ4v) is 2.85. The molecule has 2 rings (SSSR count). The molecular formula is C10H12Br2N2O. The average Bonchev–Trinajstić information content (AvgIpc) is 2.17. The number of nitrogens with zero attached hydrogens (tertiary/aromatic N) is 2. The maximum absolute atomic E-state index is 5.65. The second kappa shape index (κ2) is 5.37. The Morgan fingerprint density at radius 1 is 1.27 bits per heavy atom. The Morgan fingerprint density at radius 2 is 2.00 bits per heavy atom. The van der Waals surface area contributed by atoms with Gasteiger partial charge < -0.3 is 4.74 Å². The van der Waals surface area contributed by atoms with Crippen molar-refractivity contribution in [3.8, 4) is 0 Å². The predicted molar refractivity (Wildman–Crippen MR) is 64.7 cm³/mol. The monoisotopic (exact) mass is 334 g/mol. The van der Waals surface area contributed by atoms with Crippen molar-refractivity contribution in [2.24, 2.45) is 0 Å². The van der Waals surface area contributed by atoms with Crippen LogP contribution < -0.4 is 0 Å². The molecule has 0 aromatic carbocycles. The molecule has 1 unspecified atom stereocenters. The minimum Gasteiger partial charge on any atom is -0.378 e. The van der Waals surface area contributed by atoms with Gasteiger partial charge in [-0.2, -0.15) is 0 Å². The van der Waals surface area contributed by atoms with E-state index in [1.807, 2.05) is 6.07 Å². The Labute approximate surface area is 106 Å². The molecule has 1 fully saturated rings. The largest absolute Gasteiger partial charge is 0.378 e. The average molecular weight is 336 g/mol. The van der Waals surface area contributed by atoms with E-state index in [1.54, 1.807) is 0 Å². The van der Waals surface area contributed by atoms with Gasteiger partial charge in [0.15, 0.2) is 0 Å². The van der Waals surface area contributed by atoms with Crippen LogP contribution in [-0.4, -0.2) is 22.7 Å². The summed E-state index contributed by atoms with van der Waals surface area (Å²) in [4.78, 5) is 8.65. The summed E-state index contributed by atoms with van der Waals surface area (Å²) in [5.41, 5.74) is 0. The third-order valence-electron chi connectivity index (χ3n) is 2.39. The lowest BCUT2D eigenvalue weighted by Gasteiger charge is -2.21. The molecule has 1 aliphatic heterocycles. The van der Waals surface area contributed by atoms with E-state index in [2.05, 4.69) is 41.8 Å². The lowest BCUT2D eigenvalue weighted by Crippen LogP contribution is -2.22. The van der Waals surface area contributed by atoms with Crippen molar-refractivity contribution in [2.75, 3.05) is 6.61 Å². The van der Waals surface area contributed by atoms with Crippen molar-refractivity contribution in [3.63, 3.8) is 0 Å². The van der Waals surface area contributed by atoms with Crippen LogP contribution in [0.15, 0.2) is 15.3 Å². The van der Waals surface area contributed by atoms with Gasteiger partial charge in [-0.25, -0.2) is 9.97 Å². The molecule has 1 saturated heterocycles. The summed E-state index contributed by atoms with van der Waals surface area (Å²) in [7, 11) is 0. The molecular weight excluding hydrogens is 324 g/mol. The van der Waals surface area contributed by atoms with E-state index in [9.17, 15) is 0 Å². The minimum atomic E-state index is 0.292. The van der Waals surface area contributed by atoms with Gasteiger partial charge in [0.2, 0.25) is 0 Å². The molecule has 0 saturated carbocycles. The van der Waals surface area contributed by atoms with E-state index >= 15 is 0 Å². The van der Waals surface area contributed by atoms with Gasteiger partial charge in [-0.15, -0.1) is 0 Å². The lowest BCUT2D eigenvalue weighted by atomic mass is 10.1. The van der Waals surface area contributed by atoms with E-state index in [4.69, 9.17) is 4.74 Å². The Balaban J connectivity index is 2.02. The van der Waals surface area contributed by atoms with Crippen molar-refractivity contribution in [1.82, 2.24) is 9.97 Å². The molecule has 3 nitrogen and oxygen atoms in total. The third-order valence-corrected chi connectivity index (χ3v) is 3.21. The summed E-state index contributed by atoms with van der Waals surface area (Å²) in [5.74, 6) is 0.836. The van der Waals surface area contributed by atoms with E-state index in [0.29, 0.717) is 6.10 Å². The van der Waals surface area contributed by atoms with E-state index in [1.165, 1.54) is 12.8 Å². The third kappa shape index (κ3) is 3.50. The molecule has 82 valence electrons. The number of rotatable bonds is 2. The standard InChI is InChI=1S/C10H12Br2N2O/c11-8-6-9(12)14-10(13-8)5-7-3-1-2-4-15-7/h6-7H,1-5H2. The molecule has 0 bridgehead atoms. The van der Waals surface area contributed by atoms with Gasteiger partial charge in [0.25, 0.3) is 0 Å². The molecule has 1 aromatic rings. The Hall–Kier alpha value is -0.0000000000000000833. The van der Waals surface area contributed by atoms with Crippen LogP contribution in [0.5, 0.6) is 0 Å². The summed E-state index contributed by atoms with van der Waals surface area (Å²) < 4.78 is 7.28. The van der Waals surface area contributed by atoms with Crippen LogP contribution in [-0.2, 0) is 11.2 Å². The highest BCUT2D eigenvalue weighted by molar-refractivity contribution is 9.11. The fourth-order valence-electron chi connectivity index (χ4n) is 1.70. The molecule has 1 atom stereocenters. The van der Waals surface area contributed by atoms with Crippen molar-refractivity contribution in [1.29, 1.82) is 0 Å². The maximum Gasteiger partial charge on any atom is 0.133 e. The highest BCUT2D eigenvalue weighted by atomic mass is 79.9. The molecule has 0 aliphatic carbocycles. The van der Waals surface area contributed by atoms with Crippen molar-refractivity contribution < 1.29 is 4.74 Å². The molecule has 1 aromatic heterocycles. The van der Waals surface area contributed by atoms with E-state index in [0.717, 1.165) is 34.5 Å². The number of halogens is 2. The Bertz CT molecular complexity index is 320. The van der Waals surface area contributed by atoms with Crippen LogP contribution in [0.25, 0.3) is 0 Å². The normalized spacial score (nSPS) is 21.6. The lowest BCUT2D eigenvalue weighted by molar-refractivity contribution is 0.0156. The number of hydrogen-bond donors (Lipinski definition) is 0. The second-order valence-electron chi connectivity index (χ2n) is 3.62. The topological polar surface area (TPSA) is 35.0 Å². The number of aromatic nitrogens is 2. The van der Waals surface area contributed by atoms with Gasteiger partial charge in [-0.3, -0.25) is 0 Å². The highest BCUT2D eigenvalue weighted by Gasteiger charge is 2.16. The Morgan fingerprint density at radius 3 is 2.60 bits per heavy atom. The van der Waals surface area contributed by atoms with Gasteiger partial charge in [0.1, 0.15) is 15.0 Å². The fraction of sp³-hybridized carbons (Fsp3) is 0.600. The molecule has 0 radical (unpaired) electrons. The van der Waals surface area contributed by atoms with Crippen LogP contribution in [0.1, 0.15) is 25.1 Å². The summed E-state index contributed by atoms with van der Waals surface area (Å²) in [6.07, 6.45) is 4.64. The van der Waals surface area contributed by atoms with Gasteiger partial charge in [0.05, 0.1) is 6.10 Å². The number of hydrogen-bond acceptors (Lipinski definition) is 3. The zero-order valence-corrected chi connectivity index (χ0v) is 11.4. The number of ether oxygens (including phenoxy) is 1. The summed E-state index contributed by atoms with van der Waals surface area (Å²) in [6, 6.07) is 1.84. The van der Waals surface area contributed by atoms with Crippen LogP contribution in [0.2, 0.25) is 0 Å². The SMILES string of the molecule is Brc1cc(Br)nc(CC2CCCCO2)n1. The van der Waals surface area contributed by atoms with Gasteiger partial charge in [-0.05, 0) is 51.1 Å². The summed E-state index contributed by atoms with van der Waals surface area (Å²) >= 11 is 6.71.